The van der Waals surface area contributed by atoms with E-state index in [0.717, 1.165) is 12.3 Å². The first-order valence-corrected chi connectivity index (χ1v) is 13.4. The van der Waals surface area contributed by atoms with Crippen LogP contribution in [0.4, 0.5) is 0 Å². The average Bonchev–Trinajstić information content (AvgIpc) is 2.89. The second-order valence-electron chi connectivity index (χ2n) is 10.7. The molecule has 0 bridgehead atoms. The fourth-order valence-corrected chi connectivity index (χ4v) is 5.79. The van der Waals surface area contributed by atoms with Gasteiger partial charge in [-0.1, -0.05) is 138 Å². The normalized spacial score (nSPS) is 17.5. The van der Waals surface area contributed by atoms with Crippen LogP contribution in [0.2, 0.25) is 0 Å². The van der Waals surface area contributed by atoms with Crippen molar-refractivity contribution in [3.8, 4) is 0 Å². The Bertz CT molecular complexity index is 1100. The summed E-state index contributed by atoms with van der Waals surface area (Å²) in [5.41, 5.74) is 6.41. The summed E-state index contributed by atoms with van der Waals surface area (Å²) in [5, 5.41) is 0. The highest BCUT2D eigenvalue weighted by atomic mass is 16.1. The Morgan fingerprint density at radius 3 is 2.03 bits per heavy atom. The fourth-order valence-electron chi connectivity index (χ4n) is 5.79. The number of carbonyl (C=O) groups is 1. The van der Waals surface area contributed by atoms with Crippen molar-refractivity contribution in [3.05, 3.63) is 113 Å². The third-order valence-corrected chi connectivity index (χ3v) is 7.54. The van der Waals surface area contributed by atoms with Gasteiger partial charge in [0.15, 0.2) is 5.78 Å². The molecule has 2 atom stereocenters. The largest absolute Gasteiger partial charge is 0.294 e. The van der Waals surface area contributed by atoms with E-state index in [2.05, 4.69) is 93.6 Å². The molecule has 37 heavy (non-hydrogen) atoms. The zero-order chi connectivity index (χ0) is 24.6. The summed E-state index contributed by atoms with van der Waals surface area (Å²) in [7, 11) is 0. The molecule has 2 aliphatic carbocycles. The lowest BCUT2D eigenvalue weighted by Crippen LogP contribution is -2.23. The Morgan fingerprint density at radius 2 is 1.41 bits per heavy atom. The lowest BCUT2D eigenvalue weighted by atomic mass is 9.72. The maximum absolute atomic E-state index is 12.8. The van der Waals surface area contributed by atoms with Crippen molar-refractivity contribution < 1.29 is 4.79 Å². The molecule has 1 saturated carbocycles. The van der Waals surface area contributed by atoms with Crippen LogP contribution >= 0.6 is 0 Å². The molecule has 0 aliphatic heterocycles. The van der Waals surface area contributed by atoms with Gasteiger partial charge in [0.25, 0.3) is 0 Å². The van der Waals surface area contributed by atoms with Gasteiger partial charge in [-0.25, -0.2) is 0 Å². The van der Waals surface area contributed by atoms with Crippen LogP contribution in [0.5, 0.6) is 0 Å². The summed E-state index contributed by atoms with van der Waals surface area (Å²) in [5.74, 6) is 1.80. The third-order valence-electron chi connectivity index (χ3n) is 7.54. The van der Waals surface area contributed by atoms with Crippen LogP contribution in [0.3, 0.4) is 0 Å². The molecule has 0 N–H and O–H groups in total. The summed E-state index contributed by atoms with van der Waals surface area (Å²) in [6, 6.07) is 27.9. The van der Waals surface area contributed by atoms with Gasteiger partial charge in [0.05, 0.1) is 5.92 Å². The van der Waals surface area contributed by atoms with Crippen molar-refractivity contribution >= 4 is 11.9 Å². The number of fused-ring (bicyclic) bond motifs is 1. The molecular formula is C36H48O. The maximum atomic E-state index is 12.8. The molecule has 0 amide bonds. The third kappa shape index (κ3) is 8.03. The highest BCUT2D eigenvalue weighted by Crippen LogP contribution is 2.42. The van der Waals surface area contributed by atoms with Crippen LogP contribution in [-0.2, 0) is 4.79 Å². The van der Waals surface area contributed by atoms with E-state index in [1.165, 1.54) is 54.4 Å². The molecule has 1 nitrogen and oxygen atoms in total. The van der Waals surface area contributed by atoms with Crippen molar-refractivity contribution in [1.29, 1.82) is 0 Å². The van der Waals surface area contributed by atoms with Gasteiger partial charge in [0.1, 0.15) is 0 Å². The Morgan fingerprint density at radius 1 is 0.784 bits per heavy atom. The monoisotopic (exact) mass is 496 g/mol. The van der Waals surface area contributed by atoms with Gasteiger partial charge in [-0.3, -0.25) is 4.79 Å². The van der Waals surface area contributed by atoms with Gasteiger partial charge in [-0.2, -0.15) is 0 Å². The number of ketones is 1. The number of benzene rings is 3. The lowest BCUT2D eigenvalue weighted by molar-refractivity contribution is -0.116. The number of allylic oxidation sites excluding steroid dienone is 1. The molecule has 1 fully saturated rings. The average molecular weight is 497 g/mol. The van der Waals surface area contributed by atoms with Crippen molar-refractivity contribution in [2.24, 2.45) is 5.92 Å². The van der Waals surface area contributed by atoms with Crippen molar-refractivity contribution in [2.45, 2.75) is 91.9 Å². The predicted octanol–water partition coefficient (Wildman–Crippen LogP) is 10.5. The summed E-state index contributed by atoms with van der Waals surface area (Å²) in [4.78, 5) is 12.8. The van der Waals surface area contributed by atoms with Gasteiger partial charge in [-0.15, -0.1) is 0 Å². The highest BCUT2D eigenvalue weighted by molar-refractivity contribution is 6.02. The second-order valence-corrected chi connectivity index (χ2v) is 10.7. The van der Waals surface area contributed by atoms with E-state index >= 15 is 0 Å². The Labute approximate surface area is 227 Å². The molecule has 3 aromatic carbocycles. The Balaban J connectivity index is 0.000000292. The van der Waals surface area contributed by atoms with Crippen molar-refractivity contribution in [1.82, 2.24) is 0 Å². The summed E-state index contributed by atoms with van der Waals surface area (Å²) >= 11 is 0. The zero-order valence-electron chi connectivity index (χ0n) is 21.6. The van der Waals surface area contributed by atoms with Crippen LogP contribution in [0.15, 0.2) is 84.9 Å². The summed E-state index contributed by atoms with van der Waals surface area (Å²) in [6.07, 6.45) is 11.9. The van der Waals surface area contributed by atoms with Crippen LogP contribution in [0.25, 0.3) is 6.08 Å². The van der Waals surface area contributed by atoms with E-state index < -0.39 is 0 Å². The number of rotatable bonds is 5. The molecule has 0 spiro atoms. The molecule has 0 aromatic heterocycles. The van der Waals surface area contributed by atoms with Crippen LogP contribution < -0.4 is 0 Å². The minimum Gasteiger partial charge on any atom is -0.294 e. The van der Waals surface area contributed by atoms with Gasteiger partial charge in [-0.05, 0) is 72.3 Å². The zero-order valence-corrected chi connectivity index (χ0v) is 21.6. The maximum Gasteiger partial charge on any atom is 0.163 e. The van der Waals surface area contributed by atoms with E-state index in [-0.39, 0.29) is 32.5 Å². The number of hydrogen-bond acceptors (Lipinski definition) is 1. The van der Waals surface area contributed by atoms with E-state index in [0.29, 0.717) is 5.92 Å². The van der Waals surface area contributed by atoms with Gasteiger partial charge in [0.2, 0.25) is 0 Å². The van der Waals surface area contributed by atoms with Gasteiger partial charge < -0.3 is 0 Å². The molecule has 2 aliphatic rings. The molecule has 0 saturated heterocycles. The van der Waals surface area contributed by atoms with Crippen molar-refractivity contribution in [3.63, 3.8) is 0 Å². The van der Waals surface area contributed by atoms with E-state index in [1.807, 2.05) is 12.1 Å². The smallest absolute Gasteiger partial charge is 0.163 e. The second kappa shape index (κ2) is 14.7. The number of aryl methyl sites for hydroxylation is 1. The Kier molecular flexibility index (Phi) is 12.1. The molecule has 1 heteroatoms. The van der Waals surface area contributed by atoms with Crippen molar-refractivity contribution in [2.75, 3.05) is 0 Å². The summed E-state index contributed by atoms with van der Waals surface area (Å²) in [6.45, 7) is 6.56. The molecule has 0 heterocycles. The molecule has 3 aromatic rings. The van der Waals surface area contributed by atoms with Gasteiger partial charge >= 0.3 is 0 Å². The highest BCUT2D eigenvalue weighted by Gasteiger charge is 2.33. The molecule has 198 valence electrons. The van der Waals surface area contributed by atoms with Crippen LogP contribution in [0.1, 0.15) is 113 Å². The van der Waals surface area contributed by atoms with E-state index in [9.17, 15) is 4.79 Å². The fraction of sp³-hybridized carbons (Fsp3) is 0.417. The number of hydrogen-bond donors (Lipinski definition) is 0. The van der Waals surface area contributed by atoms with Crippen LogP contribution in [0, 0.1) is 12.8 Å². The standard InChI is InChI=1S/C22H24O.C12H16.2CH4/c1-15(2)13-19(17-7-5-4-6-8-17)22-20-14-16(3)9-10-18(20)11-12-21(22)23;1-3-7-11(8-4-1)12-9-5-2-6-10-12;;/h4-12,14-15,19,22H,13H2,1-3H3;1,3-4,7-8,12H,2,5-6,9-10H2;2*1H4. The molecule has 5 rings (SSSR count). The Hall–Kier alpha value is -2.93. The van der Waals surface area contributed by atoms with Gasteiger partial charge in [0, 0.05) is 0 Å². The SMILES string of the molecule is C.C.Cc1ccc2c(c1)C(C(CC(C)C)c1ccccc1)C(=O)C=C2.c1ccc(C2CCCCC2)cc1. The summed E-state index contributed by atoms with van der Waals surface area (Å²) < 4.78 is 0. The molecular weight excluding hydrogens is 448 g/mol. The van der Waals surface area contributed by atoms with E-state index in [4.69, 9.17) is 0 Å². The first kappa shape index (κ1) is 30.3. The lowest BCUT2D eigenvalue weighted by Gasteiger charge is -2.31. The van der Waals surface area contributed by atoms with E-state index in [1.54, 1.807) is 11.6 Å². The first-order chi connectivity index (χ1) is 17.0. The minimum absolute atomic E-state index is 0. The molecule has 0 radical (unpaired) electrons. The topological polar surface area (TPSA) is 17.1 Å². The number of carbonyl (C=O) groups excluding carboxylic acids is 1. The molecule has 2 unspecified atom stereocenters. The minimum atomic E-state index is -0.0697. The first-order valence-electron chi connectivity index (χ1n) is 13.4. The quantitative estimate of drug-likeness (QED) is 0.343. The predicted molar refractivity (Wildman–Crippen MR) is 162 cm³/mol. The van der Waals surface area contributed by atoms with Crippen LogP contribution in [-0.4, -0.2) is 5.78 Å².